The first-order valence-electron chi connectivity index (χ1n) is 4.62. The Morgan fingerprint density at radius 3 is 2.50 bits per heavy atom. The number of ether oxygens (including phenoxy) is 1. The maximum Gasteiger partial charge on any atom is 0.0471 e. The molecule has 0 aromatic rings. The fraction of sp³-hybridized carbons (Fsp3) is 1.00. The summed E-state index contributed by atoms with van der Waals surface area (Å²) >= 11 is 0. The molecule has 2 heterocycles. The summed E-state index contributed by atoms with van der Waals surface area (Å²) in [6, 6.07) is 0.730. The van der Waals surface area contributed by atoms with Crippen molar-refractivity contribution in [1.29, 1.82) is 0 Å². The molecule has 2 aliphatic rings. The fourth-order valence-electron chi connectivity index (χ4n) is 2.37. The summed E-state index contributed by atoms with van der Waals surface area (Å²) in [6.45, 7) is 5.46. The van der Waals surface area contributed by atoms with Crippen LogP contribution in [0.2, 0.25) is 0 Å². The van der Waals surface area contributed by atoms with Crippen molar-refractivity contribution >= 4 is 12.4 Å². The van der Waals surface area contributed by atoms with Gasteiger partial charge in [-0.25, -0.2) is 0 Å². The molecule has 72 valence electrons. The predicted molar refractivity (Wildman–Crippen MR) is 51.8 cm³/mol. The van der Waals surface area contributed by atoms with Crippen LogP contribution in [0.15, 0.2) is 0 Å². The lowest BCUT2D eigenvalue weighted by Crippen LogP contribution is -2.31. The largest absolute Gasteiger partial charge is 0.381 e. The van der Waals surface area contributed by atoms with Crippen LogP contribution in [0, 0.1) is 5.41 Å². The molecule has 0 radical (unpaired) electrons. The van der Waals surface area contributed by atoms with Crippen LogP contribution in [-0.2, 0) is 4.74 Å². The van der Waals surface area contributed by atoms with Crippen molar-refractivity contribution in [3.8, 4) is 0 Å². The van der Waals surface area contributed by atoms with Crippen molar-refractivity contribution in [1.82, 2.24) is 5.32 Å². The fourth-order valence-corrected chi connectivity index (χ4v) is 2.37. The Kier molecular flexibility index (Phi) is 3.38. The van der Waals surface area contributed by atoms with Crippen LogP contribution in [0.4, 0.5) is 0 Å². The zero-order chi connectivity index (χ0) is 7.73. The van der Waals surface area contributed by atoms with Gasteiger partial charge in [0.05, 0.1) is 0 Å². The first kappa shape index (κ1) is 10.3. The van der Waals surface area contributed by atoms with Gasteiger partial charge in [0, 0.05) is 25.8 Å². The molecule has 1 atom stereocenters. The minimum atomic E-state index is 0. The van der Waals surface area contributed by atoms with Gasteiger partial charge in [0.2, 0.25) is 0 Å². The third kappa shape index (κ3) is 1.93. The lowest BCUT2D eigenvalue weighted by molar-refractivity contribution is 0.0236. The van der Waals surface area contributed by atoms with Crippen molar-refractivity contribution in [2.24, 2.45) is 5.41 Å². The van der Waals surface area contributed by atoms with E-state index in [-0.39, 0.29) is 12.4 Å². The highest BCUT2D eigenvalue weighted by molar-refractivity contribution is 5.85. The summed E-state index contributed by atoms with van der Waals surface area (Å²) in [5.41, 5.74) is 0.609. The molecule has 1 spiro atoms. The van der Waals surface area contributed by atoms with Crippen molar-refractivity contribution in [2.75, 3.05) is 19.8 Å². The highest BCUT2D eigenvalue weighted by Gasteiger charge is 2.38. The zero-order valence-corrected chi connectivity index (χ0v) is 8.45. The number of nitrogens with one attached hydrogen (secondary N) is 1. The molecule has 2 aliphatic heterocycles. The van der Waals surface area contributed by atoms with E-state index in [2.05, 4.69) is 12.2 Å². The van der Waals surface area contributed by atoms with Crippen LogP contribution in [0.5, 0.6) is 0 Å². The Morgan fingerprint density at radius 2 is 2.00 bits per heavy atom. The SMILES string of the molecule is CC1CC2(CCOCC2)CN1.Cl. The molecule has 2 fully saturated rings. The number of hydrogen-bond donors (Lipinski definition) is 1. The number of halogens is 1. The van der Waals surface area contributed by atoms with Crippen molar-refractivity contribution < 1.29 is 4.74 Å². The highest BCUT2D eigenvalue weighted by Crippen LogP contribution is 2.38. The van der Waals surface area contributed by atoms with E-state index in [4.69, 9.17) is 4.74 Å². The van der Waals surface area contributed by atoms with E-state index in [0.717, 1.165) is 19.3 Å². The van der Waals surface area contributed by atoms with E-state index < -0.39 is 0 Å². The van der Waals surface area contributed by atoms with E-state index in [1.54, 1.807) is 0 Å². The first-order valence-corrected chi connectivity index (χ1v) is 4.62. The van der Waals surface area contributed by atoms with Crippen LogP contribution in [-0.4, -0.2) is 25.8 Å². The topological polar surface area (TPSA) is 21.3 Å². The van der Waals surface area contributed by atoms with Crippen LogP contribution < -0.4 is 5.32 Å². The lowest BCUT2D eigenvalue weighted by atomic mass is 9.78. The van der Waals surface area contributed by atoms with Crippen molar-refractivity contribution in [3.63, 3.8) is 0 Å². The summed E-state index contributed by atoms with van der Waals surface area (Å²) in [4.78, 5) is 0. The van der Waals surface area contributed by atoms with Crippen molar-refractivity contribution in [3.05, 3.63) is 0 Å². The van der Waals surface area contributed by atoms with Gasteiger partial charge >= 0.3 is 0 Å². The molecular formula is C9H18ClNO. The van der Waals surface area contributed by atoms with Gasteiger partial charge < -0.3 is 10.1 Å². The molecule has 0 aromatic heterocycles. The van der Waals surface area contributed by atoms with Crippen LogP contribution in [0.1, 0.15) is 26.2 Å². The molecule has 2 nitrogen and oxygen atoms in total. The molecule has 3 heteroatoms. The smallest absolute Gasteiger partial charge is 0.0471 e. The minimum Gasteiger partial charge on any atom is -0.381 e. The maximum absolute atomic E-state index is 5.36. The molecule has 0 aromatic carbocycles. The van der Waals surface area contributed by atoms with Gasteiger partial charge in [-0.3, -0.25) is 0 Å². The van der Waals surface area contributed by atoms with Gasteiger partial charge in [0.1, 0.15) is 0 Å². The normalized spacial score (nSPS) is 33.2. The summed E-state index contributed by atoms with van der Waals surface area (Å²) < 4.78 is 5.36. The predicted octanol–water partition coefficient (Wildman–Crippen LogP) is 1.59. The summed E-state index contributed by atoms with van der Waals surface area (Å²) in [5.74, 6) is 0. The van der Waals surface area contributed by atoms with Gasteiger partial charge in [0.25, 0.3) is 0 Å². The van der Waals surface area contributed by atoms with E-state index >= 15 is 0 Å². The summed E-state index contributed by atoms with van der Waals surface area (Å²) in [5, 5.41) is 3.52. The molecule has 2 rings (SSSR count). The average Bonchev–Trinajstić information content (AvgIpc) is 2.34. The second-order valence-corrected chi connectivity index (χ2v) is 4.10. The van der Waals surface area contributed by atoms with E-state index in [0.29, 0.717) is 5.41 Å². The van der Waals surface area contributed by atoms with Crippen molar-refractivity contribution in [2.45, 2.75) is 32.2 Å². The molecule has 1 unspecified atom stereocenters. The molecule has 2 saturated heterocycles. The van der Waals surface area contributed by atoms with Gasteiger partial charge in [-0.2, -0.15) is 0 Å². The van der Waals surface area contributed by atoms with E-state index in [1.165, 1.54) is 25.8 Å². The zero-order valence-electron chi connectivity index (χ0n) is 7.64. The Balaban J connectivity index is 0.000000720. The molecule has 0 bridgehead atoms. The Morgan fingerprint density at radius 1 is 1.33 bits per heavy atom. The van der Waals surface area contributed by atoms with Crippen LogP contribution in [0.3, 0.4) is 0 Å². The summed E-state index contributed by atoms with van der Waals surface area (Å²) in [6.07, 6.45) is 3.89. The molecule has 12 heavy (non-hydrogen) atoms. The number of hydrogen-bond acceptors (Lipinski definition) is 2. The van der Waals surface area contributed by atoms with E-state index in [9.17, 15) is 0 Å². The van der Waals surface area contributed by atoms with Gasteiger partial charge in [-0.05, 0) is 31.6 Å². The second kappa shape index (κ2) is 3.95. The van der Waals surface area contributed by atoms with Gasteiger partial charge in [-0.1, -0.05) is 0 Å². The molecule has 0 aliphatic carbocycles. The highest BCUT2D eigenvalue weighted by atomic mass is 35.5. The average molecular weight is 192 g/mol. The molecule has 0 amide bonds. The molecular weight excluding hydrogens is 174 g/mol. The number of rotatable bonds is 0. The third-order valence-corrected chi connectivity index (χ3v) is 3.12. The van der Waals surface area contributed by atoms with Crippen LogP contribution >= 0.6 is 12.4 Å². The Labute approximate surface area is 80.5 Å². The maximum atomic E-state index is 5.36. The monoisotopic (exact) mass is 191 g/mol. The summed E-state index contributed by atoms with van der Waals surface area (Å²) in [7, 11) is 0. The minimum absolute atomic E-state index is 0. The standard InChI is InChI=1S/C9H17NO.ClH/c1-8-6-9(7-10-8)2-4-11-5-3-9;/h8,10H,2-7H2,1H3;1H. The molecule has 0 saturated carbocycles. The van der Waals surface area contributed by atoms with E-state index in [1.807, 2.05) is 0 Å². The van der Waals surface area contributed by atoms with Crippen LogP contribution in [0.25, 0.3) is 0 Å². The second-order valence-electron chi connectivity index (χ2n) is 4.10. The lowest BCUT2D eigenvalue weighted by Gasteiger charge is -2.32. The van der Waals surface area contributed by atoms with Gasteiger partial charge in [-0.15, -0.1) is 12.4 Å². The Hall–Kier alpha value is 0.210. The molecule has 1 N–H and O–H groups in total. The first-order chi connectivity index (χ1) is 5.31. The Bertz CT molecular complexity index is 140. The van der Waals surface area contributed by atoms with Gasteiger partial charge in [0.15, 0.2) is 0 Å². The quantitative estimate of drug-likeness (QED) is 0.628. The third-order valence-electron chi connectivity index (χ3n) is 3.12.